The van der Waals surface area contributed by atoms with Crippen molar-refractivity contribution in [3.05, 3.63) is 66.0 Å². The predicted molar refractivity (Wildman–Crippen MR) is 87.2 cm³/mol. The molecular weight excluding hydrogens is 258 g/mol. The Morgan fingerprint density at radius 3 is 2.76 bits per heavy atom. The molecule has 0 unspecified atom stereocenters. The molecule has 3 heteroatoms. The van der Waals surface area contributed by atoms with Gasteiger partial charge in [0.1, 0.15) is 0 Å². The minimum Gasteiger partial charge on any atom is -0.331 e. The van der Waals surface area contributed by atoms with E-state index in [0.29, 0.717) is 0 Å². The van der Waals surface area contributed by atoms with E-state index in [9.17, 15) is 0 Å². The van der Waals surface area contributed by atoms with Crippen LogP contribution in [-0.2, 0) is 13.1 Å². The number of fused-ring (bicyclic) bond motifs is 1. The van der Waals surface area contributed by atoms with Gasteiger partial charge in [-0.25, -0.2) is 4.98 Å². The maximum Gasteiger partial charge on any atom is 0.0958 e. The van der Waals surface area contributed by atoms with Crippen molar-refractivity contribution in [1.82, 2.24) is 14.9 Å². The first-order valence-electron chi connectivity index (χ1n) is 7.50. The summed E-state index contributed by atoms with van der Waals surface area (Å²) in [7, 11) is 0. The molecule has 0 fully saturated rings. The van der Waals surface area contributed by atoms with Crippen LogP contribution in [0.1, 0.15) is 17.5 Å². The fourth-order valence-corrected chi connectivity index (χ4v) is 2.59. The molecule has 0 atom stereocenters. The molecular formula is C18H21N3. The fraction of sp³-hybridized carbons (Fsp3) is 0.278. The summed E-state index contributed by atoms with van der Waals surface area (Å²) >= 11 is 0. The van der Waals surface area contributed by atoms with Crippen LogP contribution in [0.3, 0.4) is 0 Å². The van der Waals surface area contributed by atoms with Crippen molar-refractivity contribution in [3.63, 3.8) is 0 Å². The van der Waals surface area contributed by atoms with Gasteiger partial charge in [0.05, 0.1) is 17.4 Å². The number of nitrogens with zero attached hydrogens (tertiary/aromatic N) is 2. The summed E-state index contributed by atoms with van der Waals surface area (Å²) in [6, 6.07) is 16.8. The van der Waals surface area contributed by atoms with Gasteiger partial charge in [-0.3, -0.25) is 0 Å². The normalized spacial score (nSPS) is 11.1. The standard InChI is InChI=1S/C18H21N3/c1-15-7-2-3-8-16(15)13-19-11-6-12-21-14-20-17-9-4-5-10-18(17)21/h2-5,7-10,14,19H,6,11-13H2,1H3. The fourth-order valence-electron chi connectivity index (χ4n) is 2.59. The molecule has 0 amide bonds. The summed E-state index contributed by atoms with van der Waals surface area (Å²) in [4.78, 5) is 4.42. The number of imidazole rings is 1. The highest BCUT2D eigenvalue weighted by molar-refractivity contribution is 5.74. The lowest BCUT2D eigenvalue weighted by molar-refractivity contribution is 0.588. The largest absolute Gasteiger partial charge is 0.331 e. The molecule has 0 saturated heterocycles. The average molecular weight is 279 g/mol. The molecule has 0 saturated carbocycles. The van der Waals surface area contributed by atoms with E-state index in [1.807, 2.05) is 12.4 Å². The van der Waals surface area contributed by atoms with Gasteiger partial charge in [0.25, 0.3) is 0 Å². The van der Waals surface area contributed by atoms with Crippen LogP contribution in [0.15, 0.2) is 54.9 Å². The highest BCUT2D eigenvalue weighted by Gasteiger charge is 2.01. The van der Waals surface area contributed by atoms with Crippen molar-refractivity contribution in [2.45, 2.75) is 26.4 Å². The van der Waals surface area contributed by atoms with E-state index in [2.05, 4.69) is 64.3 Å². The van der Waals surface area contributed by atoms with Crippen molar-refractivity contribution in [2.24, 2.45) is 0 Å². The van der Waals surface area contributed by atoms with E-state index in [-0.39, 0.29) is 0 Å². The number of aryl methyl sites for hydroxylation is 2. The number of rotatable bonds is 6. The maximum atomic E-state index is 4.42. The Kier molecular flexibility index (Phi) is 4.31. The van der Waals surface area contributed by atoms with Gasteiger partial charge in [0, 0.05) is 13.1 Å². The Morgan fingerprint density at radius 2 is 1.86 bits per heavy atom. The first-order valence-corrected chi connectivity index (χ1v) is 7.50. The monoisotopic (exact) mass is 279 g/mol. The summed E-state index contributed by atoms with van der Waals surface area (Å²) in [6.45, 7) is 5.12. The Morgan fingerprint density at radius 1 is 1.05 bits per heavy atom. The van der Waals surface area contributed by atoms with Crippen molar-refractivity contribution in [2.75, 3.05) is 6.54 Å². The number of hydrogen-bond acceptors (Lipinski definition) is 2. The van der Waals surface area contributed by atoms with E-state index in [1.165, 1.54) is 16.6 Å². The lowest BCUT2D eigenvalue weighted by atomic mass is 10.1. The number of benzene rings is 2. The van der Waals surface area contributed by atoms with Gasteiger partial charge in [-0.1, -0.05) is 36.4 Å². The zero-order valence-electron chi connectivity index (χ0n) is 12.4. The second kappa shape index (κ2) is 6.55. The molecule has 0 radical (unpaired) electrons. The Bertz CT molecular complexity index is 715. The number of para-hydroxylation sites is 2. The van der Waals surface area contributed by atoms with E-state index in [1.54, 1.807) is 0 Å². The summed E-state index contributed by atoms with van der Waals surface area (Å²) in [5, 5.41) is 3.52. The molecule has 0 aliphatic rings. The summed E-state index contributed by atoms with van der Waals surface area (Å²) in [5.74, 6) is 0. The minimum atomic E-state index is 0.942. The molecule has 0 aliphatic heterocycles. The lowest BCUT2D eigenvalue weighted by Crippen LogP contribution is -2.17. The summed E-state index contributed by atoms with van der Waals surface area (Å²) in [5.41, 5.74) is 5.03. The molecule has 21 heavy (non-hydrogen) atoms. The molecule has 3 aromatic rings. The van der Waals surface area contributed by atoms with Crippen molar-refractivity contribution in [3.8, 4) is 0 Å². The Hall–Kier alpha value is -2.13. The number of aromatic nitrogens is 2. The van der Waals surface area contributed by atoms with Crippen molar-refractivity contribution in [1.29, 1.82) is 0 Å². The lowest BCUT2D eigenvalue weighted by Gasteiger charge is -2.08. The van der Waals surface area contributed by atoms with Crippen LogP contribution in [0.5, 0.6) is 0 Å². The van der Waals surface area contributed by atoms with Gasteiger partial charge < -0.3 is 9.88 Å². The molecule has 0 bridgehead atoms. The van der Waals surface area contributed by atoms with E-state index < -0.39 is 0 Å². The molecule has 3 nitrogen and oxygen atoms in total. The predicted octanol–water partition coefficient (Wildman–Crippen LogP) is 3.52. The summed E-state index contributed by atoms with van der Waals surface area (Å²) < 4.78 is 2.23. The Balaban J connectivity index is 1.47. The SMILES string of the molecule is Cc1ccccc1CNCCCn1cnc2ccccc21. The third-order valence-electron chi connectivity index (χ3n) is 3.86. The van der Waals surface area contributed by atoms with Crippen molar-refractivity contribution < 1.29 is 0 Å². The number of nitrogens with one attached hydrogen (secondary N) is 1. The minimum absolute atomic E-state index is 0.942. The molecule has 3 rings (SSSR count). The topological polar surface area (TPSA) is 29.9 Å². The zero-order valence-corrected chi connectivity index (χ0v) is 12.4. The van der Waals surface area contributed by atoms with Crippen LogP contribution in [0.2, 0.25) is 0 Å². The second-order valence-corrected chi connectivity index (χ2v) is 5.38. The van der Waals surface area contributed by atoms with E-state index in [0.717, 1.165) is 31.6 Å². The van der Waals surface area contributed by atoms with Crippen LogP contribution in [-0.4, -0.2) is 16.1 Å². The molecule has 0 spiro atoms. The molecule has 1 aromatic heterocycles. The zero-order chi connectivity index (χ0) is 14.5. The van der Waals surface area contributed by atoms with Gasteiger partial charge in [0.15, 0.2) is 0 Å². The van der Waals surface area contributed by atoms with Crippen LogP contribution in [0.25, 0.3) is 11.0 Å². The third kappa shape index (κ3) is 3.31. The van der Waals surface area contributed by atoms with Crippen LogP contribution < -0.4 is 5.32 Å². The van der Waals surface area contributed by atoms with Crippen molar-refractivity contribution >= 4 is 11.0 Å². The molecule has 108 valence electrons. The van der Waals surface area contributed by atoms with Gasteiger partial charge in [-0.2, -0.15) is 0 Å². The van der Waals surface area contributed by atoms with Gasteiger partial charge in [-0.05, 0) is 43.1 Å². The second-order valence-electron chi connectivity index (χ2n) is 5.38. The van der Waals surface area contributed by atoms with Crippen LogP contribution in [0, 0.1) is 6.92 Å². The maximum absolute atomic E-state index is 4.42. The van der Waals surface area contributed by atoms with Crippen LogP contribution in [0.4, 0.5) is 0 Å². The first kappa shape index (κ1) is 13.8. The first-order chi connectivity index (χ1) is 10.3. The quantitative estimate of drug-likeness (QED) is 0.700. The molecule has 2 aromatic carbocycles. The summed E-state index contributed by atoms with van der Waals surface area (Å²) in [6.07, 6.45) is 3.04. The van der Waals surface area contributed by atoms with Gasteiger partial charge in [-0.15, -0.1) is 0 Å². The third-order valence-corrected chi connectivity index (χ3v) is 3.86. The smallest absolute Gasteiger partial charge is 0.0958 e. The molecule has 1 N–H and O–H groups in total. The molecule has 1 heterocycles. The highest BCUT2D eigenvalue weighted by Crippen LogP contribution is 2.12. The van der Waals surface area contributed by atoms with Gasteiger partial charge >= 0.3 is 0 Å². The van der Waals surface area contributed by atoms with Crippen LogP contribution >= 0.6 is 0 Å². The van der Waals surface area contributed by atoms with Gasteiger partial charge in [0.2, 0.25) is 0 Å². The highest BCUT2D eigenvalue weighted by atomic mass is 15.0. The van der Waals surface area contributed by atoms with E-state index >= 15 is 0 Å². The van der Waals surface area contributed by atoms with E-state index in [4.69, 9.17) is 0 Å². The average Bonchev–Trinajstić information content (AvgIpc) is 2.92. The number of hydrogen-bond donors (Lipinski definition) is 1. The molecule has 0 aliphatic carbocycles. The Labute approximate surface area is 125 Å².